The van der Waals surface area contributed by atoms with Gasteiger partial charge in [0.2, 0.25) is 5.91 Å². The van der Waals surface area contributed by atoms with Crippen molar-refractivity contribution in [1.29, 1.82) is 0 Å². The Bertz CT molecular complexity index is 866. The van der Waals surface area contributed by atoms with Crippen molar-refractivity contribution in [3.63, 3.8) is 0 Å². The molecule has 9 heteroatoms. The van der Waals surface area contributed by atoms with Gasteiger partial charge in [0.25, 0.3) is 5.91 Å². The van der Waals surface area contributed by atoms with Gasteiger partial charge in [0.15, 0.2) is 9.84 Å². The molecule has 6 nitrogen and oxygen atoms in total. The van der Waals surface area contributed by atoms with Crippen LogP contribution in [-0.4, -0.2) is 38.6 Å². The number of hydrogen-bond donors (Lipinski definition) is 2. The standard InChI is InChI=1S/C17H19BrN2O4S2/c1-12(20-17(22)14-8-9-15(18)25-14)16(21)19-10-5-11-26(23,24)13-6-3-2-4-7-13/h2-4,6-9,12H,5,10-11H2,1H3,(H,19,21)(H,20,22). The van der Waals surface area contributed by atoms with Crippen LogP contribution in [0, 0.1) is 0 Å². The molecule has 1 aromatic heterocycles. The molecule has 0 spiro atoms. The van der Waals surface area contributed by atoms with E-state index in [1.165, 1.54) is 11.3 Å². The average molecular weight is 459 g/mol. The smallest absolute Gasteiger partial charge is 0.262 e. The molecule has 1 heterocycles. The fraction of sp³-hybridized carbons (Fsp3) is 0.294. The molecule has 2 aromatic rings. The van der Waals surface area contributed by atoms with Crippen LogP contribution in [0.5, 0.6) is 0 Å². The van der Waals surface area contributed by atoms with Crippen molar-refractivity contribution in [2.45, 2.75) is 24.3 Å². The number of sulfone groups is 1. The molecular formula is C17H19BrN2O4S2. The van der Waals surface area contributed by atoms with Crippen LogP contribution in [0.2, 0.25) is 0 Å². The lowest BCUT2D eigenvalue weighted by molar-refractivity contribution is -0.122. The van der Waals surface area contributed by atoms with Crippen LogP contribution in [0.15, 0.2) is 51.1 Å². The third kappa shape index (κ3) is 5.93. The van der Waals surface area contributed by atoms with Crippen LogP contribution in [0.25, 0.3) is 0 Å². The number of amides is 2. The Kier molecular flexibility index (Phi) is 7.36. The molecule has 0 aliphatic carbocycles. The second-order valence-electron chi connectivity index (χ2n) is 5.58. The van der Waals surface area contributed by atoms with Gasteiger partial charge in [-0.1, -0.05) is 18.2 Å². The number of hydrogen-bond acceptors (Lipinski definition) is 5. The molecule has 0 bridgehead atoms. The first kappa shape index (κ1) is 20.6. The Morgan fingerprint density at radius 3 is 2.46 bits per heavy atom. The maximum atomic E-state index is 12.1. The van der Waals surface area contributed by atoms with Crippen LogP contribution < -0.4 is 10.6 Å². The number of thiophene rings is 1. The van der Waals surface area contributed by atoms with Gasteiger partial charge in [0.1, 0.15) is 6.04 Å². The summed E-state index contributed by atoms with van der Waals surface area (Å²) in [7, 11) is -3.36. The minimum Gasteiger partial charge on any atom is -0.354 e. The van der Waals surface area contributed by atoms with E-state index in [9.17, 15) is 18.0 Å². The summed E-state index contributed by atoms with van der Waals surface area (Å²) in [6.45, 7) is 1.80. The molecule has 0 aliphatic rings. The predicted molar refractivity (Wildman–Crippen MR) is 105 cm³/mol. The number of nitrogens with one attached hydrogen (secondary N) is 2. The van der Waals surface area contributed by atoms with E-state index in [2.05, 4.69) is 26.6 Å². The molecule has 140 valence electrons. The third-order valence-electron chi connectivity index (χ3n) is 3.53. The minimum absolute atomic E-state index is 0.0543. The van der Waals surface area contributed by atoms with Gasteiger partial charge in [-0.3, -0.25) is 9.59 Å². The number of carbonyl (C=O) groups excluding carboxylic acids is 2. The Morgan fingerprint density at radius 2 is 1.85 bits per heavy atom. The summed E-state index contributed by atoms with van der Waals surface area (Å²) < 4.78 is 25.1. The highest BCUT2D eigenvalue weighted by Crippen LogP contribution is 2.21. The number of carbonyl (C=O) groups is 2. The van der Waals surface area contributed by atoms with Crippen molar-refractivity contribution in [3.05, 3.63) is 51.1 Å². The monoisotopic (exact) mass is 458 g/mol. The summed E-state index contributed by atoms with van der Waals surface area (Å²) in [5, 5.41) is 5.26. The lowest BCUT2D eigenvalue weighted by atomic mass is 10.3. The van der Waals surface area contributed by atoms with Crippen molar-refractivity contribution >= 4 is 48.9 Å². The molecule has 2 rings (SSSR count). The van der Waals surface area contributed by atoms with E-state index in [4.69, 9.17) is 0 Å². The molecule has 26 heavy (non-hydrogen) atoms. The molecule has 0 radical (unpaired) electrons. The summed E-state index contributed by atoms with van der Waals surface area (Å²) in [6, 6.07) is 10.9. The lowest BCUT2D eigenvalue weighted by Crippen LogP contribution is -2.45. The maximum Gasteiger partial charge on any atom is 0.262 e. The van der Waals surface area contributed by atoms with Crippen molar-refractivity contribution in [1.82, 2.24) is 10.6 Å². The second-order valence-corrected chi connectivity index (χ2v) is 10.1. The van der Waals surface area contributed by atoms with Crippen LogP contribution in [0.1, 0.15) is 23.0 Å². The van der Waals surface area contributed by atoms with Gasteiger partial charge in [-0.05, 0) is 53.5 Å². The maximum absolute atomic E-state index is 12.1. The van der Waals surface area contributed by atoms with Gasteiger partial charge < -0.3 is 10.6 Å². The van der Waals surface area contributed by atoms with E-state index in [1.54, 1.807) is 49.4 Å². The Hall–Kier alpha value is -1.71. The molecule has 0 aliphatic heterocycles. The molecule has 0 saturated carbocycles. The zero-order valence-corrected chi connectivity index (χ0v) is 17.3. The normalized spacial score (nSPS) is 12.4. The van der Waals surface area contributed by atoms with Crippen molar-refractivity contribution in [2.75, 3.05) is 12.3 Å². The third-order valence-corrected chi connectivity index (χ3v) is 6.97. The zero-order valence-electron chi connectivity index (χ0n) is 14.1. The molecule has 1 unspecified atom stereocenters. The van der Waals surface area contributed by atoms with Gasteiger partial charge in [-0.2, -0.15) is 0 Å². The zero-order chi connectivity index (χ0) is 19.2. The van der Waals surface area contributed by atoms with Crippen molar-refractivity contribution in [2.24, 2.45) is 0 Å². The highest BCUT2D eigenvalue weighted by Gasteiger charge is 2.18. The highest BCUT2D eigenvalue weighted by molar-refractivity contribution is 9.11. The van der Waals surface area contributed by atoms with Crippen LogP contribution in [-0.2, 0) is 14.6 Å². The molecule has 1 atom stereocenters. The lowest BCUT2D eigenvalue weighted by Gasteiger charge is -2.13. The van der Waals surface area contributed by atoms with Crippen LogP contribution in [0.3, 0.4) is 0 Å². The van der Waals surface area contributed by atoms with E-state index in [0.717, 1.165) is 3.79 Å². The molecule has 2 amide bonds. The molecule has 0 fully saturated rings. The first-order valence-electron chi connectivity index (χ1n) is 7.91. The number of rotatable bonds is 8. The number of benzene rings is 1. The molecule has 1 aromatic carbocycles. The highest BCUT2D eigenvalue weighted by atomic mass is 79.9. The summed E-state index contributed by atoms with van der Waals surface area (Å²) in [5.74, 6) is -0.734. The van der Waals surface area contributed by atoms with Crippen LogP contribution in [0.4, 0.5) is 0 Å². The Morgan fingerprint density at radius 1 is 1.15 bits per heavy atom. The fourth-order valence-corrected chi connectivity index (χ4v) is 4.76. The van der Waals surface area contributed by atoms with E-state index >= 15 is 0 Å². The number of halogens is 1. The van der Waals surface area contributed by atoms with E-state index in [1.807, 2.05) is 0 Å². The summed E-state index contributed by atoms with van der Waals surface area (Å²) >= 11 is 4.56. The van der Waals surface area contributed by atoms with Gasteiger partial charge in [0.05, 0.1) is 19.3 Å². The minimum atomic E-state index is -3.36. The first-order valence-corrected chi connectivity index (χ1v) is 11.2. The summed E-state index contributed by atoms with van der Waals surface area (Å²) in [6.07, 6.45) is 0.293. The van der Waals surface area contributed by atoms with Gasteiger partial charge in [-0.15, -0.1) is 11.3 Å². The van der Waals surface area contributed by atoms with Crippen molar-refractivity contribution < 1.29 is 18.0 Å². The van der Waals surface area contributed by atoms with E-state index in [-0.39, 0.29) is 29.0 Å². The van der Waals surface area contributed by atoms with Gasteiger partial charge in [0, 0.05) is 6.54 Å². The second kappa shape index (κ2) is 9.29. The van der Waals surface area contributed by atoms with Crippen molar-refractivity contribution in [3.8, 4) is 0 Å². The Labute approximate surface area is 165 Å². The molecule has 2 N–H and O–H groups in total. The molecular weight excluding hydrogens is 440 g/mol. The summed E-state index contributed by atoms with van der Waals surface area (Å²) in [5.41, 5.74) is 0. The van der Waals surface area contributed by atoms with E-state index < -0.39 is 15.9 Å². The fourth-order valence-electron chi connectivity index (χ4n) is 2.14. The van der Waals surface area contributed by atoms with Gasteiger partial charge >= 0.3 is 0 Å². The average Bonchev–Trinajstić information content (AvgIpc) is 3.06. The van der Waals surface area contributed by atoms with Crippen LogP contribution >= 0.6 is 27.3 Å². The largest absolute Gasteiger partial charge is 0.354 e. The SMILES string of the molecule is CC(NC(=O)c1ccc(Br)s1)C(=O)NCCCS(=O)(=O)c1ccccc1. The van der Waals surface area contributed by atoms with Gasteiger partial charge in [-0.25, -0.2) is 8.42 Å². The molecule has 0 saturated heterocycles. The predicted octanol–water partition coefficient (Wildman–Crippen LogP) is 2.61. The van der Waals surface area contributed by atoms with E-state index in [0.29, 0.717) is 11.3 Å². The quantitative estimate of drug-likeness (QED) is 0.594. The first-order chi connectivity index (χ1) is 12.3. The summed E-state index contributed by atoms with van der Waals surface area (Å²) in [4.78, 5) is 24.8. The topological polar surface area (TPSA) is 92.3 Å². The Balaban J connectivity index is 1.75.